The van der Waals surface area contributed by atoms with Gasteiger partial charge in [-0.25, -0.2) is 0 Å². The van der Waals surface area contributed by atoms with Crippen LogP contribution in [0.1, 0.15) is 0 Å². The van der Waals surface area contributed by atoms with Crippen LogP contribution < -0.4 is 9.47 Å². The smallest absolute Gasteiger partial charge is 0.231 e. The van der Waals surface area contributed by atoms with E-state index in [1.165, 1.54) is 0 Å². The van der Waals surface area contributed by atoms with Gasteiger partial charge in [-0.05, 0) is 24.3 Å². The largest absolute Gasteiger partial charge is 0.508 e. The molecule has 1 aliphatic heterocycles. The van der Waals surface area contributed by atoms with E-state index in [2.05, 4.69) is 0 Å². The van der Waals surface area contributed by atoms with Crippen molar-refractivity contribution in [2.75, 3.05) is 6.79 Å². The molecule has 4 heteroatoms. The van der Waals surface area contributed by atoms with Gasteiger partial charge in [0.25, 0.3) is 0 Å². The van der Waals surface area contributed by atoms with Crippen LogP contribution in [0, 0.1) is 0 Å². The molecule has 3 nitrogen and oxygen atoms in total. The van der Waals surface area contributed by atoms with E-state index in [0.717, 1.165) is 11.5 Å². The van der Waals surface area contributed by atoms with Gasteiger partial charge in [-0.2, -0.15) is 0 Å². The number of fused-ring (bicyclic) bond motifs is 1. The summed E-state index contributed by atoms with van der Waals surface area (Å²) in [4.78, 5) is 0. The van der Waals surface area contributed by atoms with Crippen LogP contribution in [-0.2, 0) is 0 Å². The van der Waals surface area contributed by atoms with Crippen molar-refractivity contribution in [3.05, 3.63) is 53.6 Å². The van der Waals surface area contributed by atoms with Gasteiger partial charge in [-0.15, -0.1) is 0 Å². The Morgan fingerprint density at radius 3 is 2.29 bits per heavy atom. The number of phenolic OH excluding ortho intramolecular Hbond substituents is 1. The molecule has 0 aromatic heterocycles. The summed E-state index contributed by atoms with van der Waals surface area (Å²) < 4.78 is 10.1. The van der Waals surface area contributed by atoms with E-state index in [1.807, 2.05) is 6.07 Å². The fourth-order valence-electron chi connectivity index (χ4n) is 1.30. The quantitative estimate of drug-likeness (QED) is 0.778. The van der Waals surface area contributed by atoms with E-state index in [4.69, 9.17) is 26.2 Å². The first-order valence-corrected chi connectivity index (χ1v) is 5.42. The van der Waals surface area contributed by atoms with Gasteiger partial charge in [-0.1, -0.05) is 29.8 Å². The number of ether oxygens (including phenoxy) is 2. The predicted octanol–water partition coefficient (Wildman–Crippen LogP) is 3.46. The lowest BCUT2D eigenvalue weighted by Crippen LogP contribution is -1.92. The van der Waals surface area contributed by atoms with Gasteiger partial charge in [0.15, 0.2) is 11.5 Å². The van der Waals surface area contributed by atoms with Gasteiger partial charge in [0.1, 0.15) is 5.75 Å². The fourth-order valence-corrected chi connectivity index (χ4v) is 1.46. The number of phenols is 1. The van der Waals surface area contributed by atoms with E-state index in [9.17, 15) is 0 Å². The predicted molar refractivity (Wildman–Crippen MR) is 65.7 cm³/mol. The standard InChI is InChI=1S/C7H5ClO2.C6H6O/c8-5-1-2-6-7(3-5)10-4-9-6;7-6-4-2-1-3-5-6/h1-3H,4H2;1-5,7H. The van der Waals surface area contributed by atoms with Crippen LogP contribution in [0.2, 0.25) is 5.02 Å². The normalized spacial score (nSPS) is 11.6. The van der Waals surface area contributed by atoms with Crippen molar-refractivity contribution in [3.63, 3.8) is 0 Å². The summed E-state index contributed by atoms with van der Waals surface area (Å²) in [5.74, 6) is 1.82. The van der Waals surface area contributed by atoms with Crippen LogP contribution in [0.5, 0.6) is 17.2 Å². The maximum atomic E-state index is 8.63. The summed E-state index contributed by atoms with van der Waals surface area (Å²) >= 11 is 5.69. The van der Waals surface area contributed by atoms with E-state index in [0.29, 0.717) is 17.6 Å². The number of hydrogen-bond acceptors (Lipinski definition) is 3. The highest BCUT2D eigenvalue weighted by Crippen LogP contribution is 2.33. The second-order valence-corrected chi connectivity index (χ2v) is 3.77. The number of halogens is 1. The zero-order valence-electron chi connectivity index (χ0n) is 8.97. The molecule has 0 spiro atoms. The lowest BCUT2D eigenvalue weighted by molar-refractivity contribution is 0.174. The lowest BCUT2D eigenvalue weighted by atomic mass is 10.3. The van der Waals surface area contributed by atoms with Crippen LogP contribution in [0.4, 0.5) is 0 Å². The molecule has 0 atom stereocenters. The molecular formula is C13H11ClO3. The first-order chi connectivity index (χ1) is 8.25. The zero-order chi connectivity index (χ0) is 12.1. The average Bonchev–Trinajstić information content (AvgIpc) is 2.78. The van der Waals surface area contributed by atoms with Gasteiger partial charge in [0.2, 0.25) is 6.79 Å². The first kappa shape index (κ1) is 11.6. The molecule has 2 aromatic carbocycles. The number of hydrogen-bond donors (Lipinski definition) is 1. The Morgan fingerprint density at radius 1 is 0.941 bits per heavy atom. The molecule has 0 bridgehead atoms. The molecule has 0 aliphatic carbocycles. The third-order valence-corrected chi connectivity index (χ3v) is 2.33. The molecule has 0 saturated heterocycles. The van der Waals surface area contributed by atoms with Crippen molar-refractivity contribution in [1.29, 1.82) is 0 Å². The Hall–Kier alpha value is -1.87. The molecule has 2 aromatic rings. The topological polar surface area (TPSA) is 38.7 Å². The van der Waals surface area contributed by atoms with Crippen molar-refractivity contribution in [2.45, 2.75) is 0 Å². The van der Waals surface area contributed by atoms with E-state index in [-0.39, 0.29) is 0 Å². The summed E-state index contributed by atoms with van der Waals surface area (Å²) in [5, 5.41) is 9.30. The third-order valence-electron chi connectivity index (χ3n) is 2.09. The molecule has 0 amide bonds. The van der Waals surface area contributed by atoms with Gasteiger partial charge in [-0.3, -0.25) is 0 Å². The number of benzene rings is 2. The van der Waals surface area contributed by atoms with Crippen molar-refractivity contribution in [1.82, 2.24) is 0 Å². The molecule has 3 rings (SSSR count). The van der Waals surface area contributed by atoms with Crippen LogP contribution >= 0.6 is 11.6 Å². The Labute approximate surface area is 104 Å². The van der Waals surface area contributed by atoms with E-state index < -0.39 is 0 Å². The summed E-state index contributed by atoms with van der Waals surface area (Å²) in [6, 6.07) is 14.0. The minimum absolute atomic E-state index is 0.301. The summed E-state index contributed by atoms with van der Waals surface area (Å²) in [7, 11) is 0. The number of rotatable bonds is 0. The van der Waals surface area contributed by atoms with Gasteiger partial charge >= 0.3 is 0 Å². The molecule has 1 heterocycles. The average molecular weight is 251 g/mol. The van der Waals surface area contributed by atoms with Crippen molar-refractivity contribution >= 4 is 11.6 Å². The van der Waals surface area contributed by atoms with Crippen LogP contribution in [-0.4, -0.2) is 11.9 Å². The maximum Gasteiger partial charge on any atom is 0.231 e. The van der Waals surface area contributed by atoms with E-state index in [1.54, 1.807) is 42.5 Å². The van der Waals surface area contributed by atoms with E-state index >= 15 is 0 Å². The summed E-state index contributed by atoms with van der Waals surface area (Å²) in [6.45, 7) is 0.301. The molecular weight excluding hydrogens is 240 g/mol. The summed E-state index contributed by atoms with van der Waals surface area (Å²) in [5.41, 5.74) is 0. The Balaban J connectivity index is 0.000000136. The van der Waals surface area contributed by atoms with Gasteiger partial charge < -0.3 is 14.6 Å². The Bertz CT molecular complexity index is 485. The maximum absolute atomic E-state index is 8.63. The second kappa shape index (κ2) is 5.46. The highest BCUT2D eigenvalue weighted by molar-refractivity contribution is 6.30. The molecule has 1 N–H and O–H groups in total. The van der Waals surface area contributed by atoms with Crippen LogP contribution in [0.25, 0.3) is 0 Å². The number of para-hydroxylation sites is 1. The molecule has 0 unspecified atom stereocenters. The monoisotopic (exact) mass is 250 g/mol. The molecule has 0 radical (unpaired) electrons. The molecule has 0 fully saturated rings. The Morgan fingerprint density at radius 2 is 1.65 bits per heavy atom. The zero-order valence-corrected chi connectivity index (χ0v) is 9.72. The molecule has 88 valence electrons. The molecule has 0 saturated carbocycles. The number of aromatic hydroxyl groups is 1. The van der Waals surface area contributed by atoms with Crippen LogP contribution in [0.3, 0.4) is 0 Å². The van der Waals surface area contributed by atoms with Crippen molar-refractivity contribution in [2.24, 2.45) is 0 Å². The minimum Gasteiger partial charge on any atom is -0.508 e. The van der Waals surface area contributed by atoms with Gasteiger partial charge in [0, 0.05) is 11.1 Å². The summed E-state index contributed by atoms with van der Waals surface area (Å²) in [6.07, 6.45) is 0. The van der Waals surface area contributed by atoms with Crippen molar-refractivity contribution < 1.29 is 14.6 Å². The molecule has 17 heavy (non-hydrogen) atoms. The Kier molecular flexibility index (Phi) is 3.73. The second-order valence-electron chi connectivity index (χ2n) is 3.33. The first-order valence-electron chi connectivity index (χ1n) is 5.05. The van der Waals surface area contributed by atoms with Crippen LogP contribution in [0.15, 0.2) is 48.5 Å². The fraction of sp³-hybridized carbons (Fsp3) is 0.0769. The third kappa shape index (κ3) is 3.29. The lowest BCUT2D eigenvalue weighted by Gasteiger charge is -1.93. The van der Waals surface area contributed by atoms with Gasteiger partial charge in [0.05, 0.1) is 0 Å². The minimum atomic E-state index is 0.301. The highest BCUT2D eigenvalue weighted by atomic mass is 35.5. The van der Waals surface area contributed by atoms with Crippen molar-refractivity contribution in [3.8, 4) is 17.2 Å². The highest BCUT2D eigenvalue weighted by Gasteiger charge is 2.11. The SMILES string of the molecule is Clc1ccc2c(c1)OCO2.Oc1ccccc1. The molecule has 1 aliphatic rings.